The first kappa shape index (κ1) is 45.1. The Kier molecular flexibility index (Phi) is 13.4. The van der Waals surface area contributed by atoms with Crippen molar-refractivity contribution in [2.24, 2.45) is 11.3 Å². The van der Waals surface area contributed by atoms with Crippen molar-refractivity contribution in [2.75, 3.05) is 40.4 Å². The molecule has 2 fully saturated rings. The second-order valence-corrected chi connectivity index (χ2v) is 18.5. The molecule has 0 radical (unpaired) electrons. The summed E-state index contributed by atoms with van der Waals surface area (Å²) >= 11 is 0. The Bertz CT molecular complexity index is 2290. The summed E-state index contributed by atoms with van der Waals surface area (Å²) in [5, 5.41) is 19.9. The van der Waals surface area contributed by atoms with Gasteiger partial charge in [-0.3, -0.25) is 29.3 Å². The quantitative estimate of drug-likeness (QED) is 0.109. The van der Waals surface area contributed by atoms with Crippen molar-refractivity contribution in [3.63, 3.8) is 0 Å². The monoisotopic (exact) mass is 853 g/mol. The number of nitrogens with one attached hydrogen (secondary N) is 3. The molecular weight excluding hydrogens is 790 g/mol. The van der Waals surface area contributed by atoms with Gasteiger partial charge in [-0.25, -0.2) is 9.82 Å². The fourth-order valence-corrected chi connectivity index (χ4v) is 9.66. The van der Waals surface area contributed by atoms with Gasteiger partial charge in [0.1, 0.15) is 17.8 Å². The number of phenolic OH excluding ortho intramolecular Hbond substituents is 1. The van der Waals surface area contributed by atoms with Gasteiger partial charge in [0.2, 0.25) is 5.91 Å². The Labute approximate surface area is 364 Å². The molecule has 3 aliphatic heterocycles. The van der Waals surface area contributed by atoms with Crippen LogP contribution in [0.25, 0.3) is 33.3 Å². The number of pyridine rings is 1. The standard InChI is InChI=1S/C48H64FN7O6/c1-9-55-40-15-14-32-26-36(40)37(43(55)35-12-10-18-51-41(35)30(4)61-8)27-47(5,6)28-62-46(60)38-13-11-21-56(53-38)45(59)39(24-31-22-33(32)25-34(57)23-31)52-44(58)42(29(2)3)54(7)48(49)16-19-50-20-17-48/h10,12,14-15,18,22-23,25-26,29-30,38-39,42,50,53,57H,9,11,13,16-17,19-21,24,27-28H2,1-8H3,(H,52,58)/t30-,38-,39-,42?/m0/s1. The molecule has 4 N–H and O–H groups in total. The maximum atomic E-state index is 16.4. The number of phenols is 1. The minimum absolute atomic E-state index is 0.00947. The fourth-order valence-electron chi connectivity index (χ4n) is 9.66. The van der Waals surface area contributed by atoms with E-state index in [1.165, 1.54) is 9.91 Å². The van der Waals surface area contributed by atoms with Crippen LogP contribution in [0.4, 0.5) is 4.39 Å². The van der Waals surface area contributed by atoms with Gasteiger partial charge in [-0.05, 0) is 118 Å². The number of fused-ring (bicyclic) bond motifs is 6. The molecule has 5 heterocycles. The van der Waals surface area contributed by atoms with Crippen LogP contribution in [0, 0.1) is 11.3 Å². The number of nitrogens with zero attached hydrogens (tertiary/aromatic N) is 4. The average molecular weight is 854 g/mol. The van der Waals surface area contributed by atoms with Gasteiger partial charge >= 0.3 is 5.97 Å². The molecule has 4 atom stereocenters. The van der Waals surface area contributed by atoms with Crippen molar-refractivity contribution >= 4 is 28.7 Å². The molecule has 2 amide bonds. The van der Waals surface area contributed by atoms with Crippen molar-refractivity contribution < 1.29 is 33.4 Å². The van der Waals surface area contributed by atoms with Crippen LogP contribution in [-0.4, -0.2) is 107 Å². The molecular formula is C48H64FN7O6. The lowest BCUT2D eigenvalue weighted by molar-refractivity contribution is -0.156. The first-order valence-electron chi connectivity index (χ1n) is 22.2. The Morgan fingerprint density at radius 1 is 1.11 bits per heavy atom. The number of likely N-dealkylation sites (N-methyl/N-ethyl adjacent to an activating group) is 1. The lowest BCUT2D eigenvalue weighted by atomic mass is 9.84. The van der Waals surface area contributed by atoms with E-state index in [0.717, 1.165) is 44.5 Å². The number of hydrogen-bond acceptors (Lipinski definition) is 10. The number of cyclic esters (lactones) is 1. The topological polar surface area (TPSA) is 150 Å². The number of aryl methyl sites for hydroxylation is 1. The maximum Gasteiger partial charge on any atom is 0.324 e. The van der Waals surface area contributed by atoms with Crippen molar-refractivity contribution in [1.82, 2.24) is 35.5 Å². The summed E-state index contributed by atoms with van der Waals surface area (Å²) in [5.74, 6) is -3.35. The number of methoxy groups -OCH3 is 1. The average Bonchev–Trinajstić information content (AvgIpc) is 3.55. The number of alkyl halides is 1. The van der Waals surface area contributed by atoms with Crippen LogP contribution < -0.4 is 16.1 Å². The third-order valence-corrected chi connectivity index (χ3v) is 13.0. The molecule has 7 rings (SSSR count). The number of carbonyl (C=O) groups excluding carboxylic acids is 3. The molecule has 2 aromatic carbocycles. The Morgan fingerprint density at radius 2 is 1.87 bits per heavy atom. The number of ether oxygens (including phenoxy) is 2. The van der Waals surface area contributed by atoms with Gasteiger partial charge in [-0.2, -0.15) is 0 Å². The summed E-state index contributed by atoms with van der Waals surface area (Å²) in [6, 6.07) is 12.8. The summed E-state index contributed by atoms with van der Waals surface area (Å²) in [6.45, 7) is 14.1. The van der Waals surface area contributed by atoms with Crippen LogP contribution in [0.1, 0.15) is 90.2 Å². The highest BCUT2D eigenvalue weighted by molar-refractivity contribution is 5.95. The van der Waals surface area contributed by atoms with Crippen LogP contribution in [0.15, 0.2) is 54.7 Å². The zero-order valence-corrected chi connectivity index (χ0v) is 37.5. The number of esters is 1. The molecule has 0 saturated carbocycles. The van der Waals surface area contributed by atoms with Gasteiger partial charge in [0, 0.05) is 67.5 Å². The Balaban J connectivity index is 1.35. The van der Waals surface area contributed by atoms with Crippen molar-refractivity contribution in [3.8, 4) is 28.1 Å². The molecule has 4 aromatic rings. The zero-order valence-electron chi connectivity index (χ0n) is 37.5. The van der Waals surface area contributed by atoms with Gasteiger partial charge in [-0.1, -0.05) is 39.8 Å². The van der Waals surface area contributed by atoms with Crippen molar-refractivity contribution in [1.29, 1.82) is 0 Å². The zero-order chi connectivity index (χ0) is 44.5. The summed E-state index contributed by atoms with van der Waals surface area (Å²) < 4.78 is 30.6. The van der Waals surface area contributed by atoms with E-state index in [1.807, 2.05) is 39.0 Å². The number of carbonyl (C=O) groups is 3. The molecule has 334 valence electrons. The van der Waals surface area contributed by atoms with E-state index in [0.29, 0.717) is 51.0 Å². The van der Waals surface area contributed by atoms with E-state index in [1.54, 1.807) is 32.5 Å². The number of amides is 2. The summed E-state index contributed by atoms with van der Waals surface area (Å²) in [4.78, 5) is 49.2. The van der Waals surface area contributed by atoms with E-state index < -0.39 is 47.1 Å². The largest absolute Gasteiger partial charge is 0.508 e. The van der Waals surface area contributed by atoms with Gasteiger partial charge in [0.15, 0.2) is 5.79 Å². The molecule has 2 saturated heterocycles. The van der Waals surface area contributed by atoms with Gasteiger partial charge in [0.05, 0.1) is 30.1 Å². The smallest absolute Gasteiger partial charge is 0.324 e. The molecule has 14 heteroatoms. The number of aromatic nitrogens is 2. The number of piperidine rings is 1. The fraction of sp³-hybridized carbons (Fsp3) is 0.542. The highest BCUT2D eigenvalue weighted by Crippen LogP contribution is 2.42. The number of rotatable bonds is 9. The van der Waals surface area contributed by atoms with Crippen LogP contribution in [0.5, 0.6) is 5.75 Å². The second kappa shape index (κ2) is 18.4. The second-order valence-electron chi connectivity index (χ2n) is 18.5. The molecule has 6 bridgehead atoms. The van der Waals surface area contributed by atoms with Crippen molar-refractivity contribution in [2.45, 2.75) is 117 Å². The van der Waals surface area contributed by atoms with Crippen LogP contribution in [0.2, 0.25) is 0 Å². The maximum absolute atomic E-state index is 16.4. The lowest BCUT2D eigenvalue weighted by Gasteiger charge is -2.43. The molecule has 13 nitrogen and oxygen atoms in total. The number of hydrazine groups is 1. The molecule has 1 unspecified atom stereocenters. The van der Waals surface area contributed by atoms with Gasteiger partial charge in [0.25, 0.3) is 5.91 Å². The predicted octanol–water partition coefficient (Wildman–Crippen LogP) is 6.46. The normalized spacial score (nSPS) is 21.7. The first-order chi connectivity index (χ1) is 29.5. The summed E-state index contributed by atoms with van der Waals surface area (Å²) in [6.07, 6.45) is 3.55. The number of hydrogen-bond donors (Lipinski definition) is 4. The highest BCUT2D eigenvalue weighted by Gasteiger charge is 2.44. The molecule has 2 aromatic heterocycles. The van der Waals surface area contributed by atoms with Gasteiger partial charge < -0.3 is 29.8 Å². The first-order valence-corrected chi connectivity index (χ1v) is 22.2. The van der Waals surface area contributed by atoms with Crippen LogP contribution in [0.3, 0.4) is 0 Å². The number of benzene rings is 2. The molecule has 0 spiro atoms. The van der Waals surface area contributed by atoms with Crippen LogP contribution >= 0.6 is 0 Å². The highest BCUT2D eigenvalue weighted by atomic mass is 19.1. The SMILES string of the molecule is CCn1c(-c2cccnc2[C@H](C)OC)c2c3cc(ccc31)-c1cc(O)cc(c1)C[C@H](NC(=O)C(C(C)C)N(C)C1(F)CCNCC1)C(=O)N1CCC[C@H](N1)C(=O)OCC(C)(C)C2. The van der Waals surface area contributed by atoms with Crippen LogP contribution in [-0.2, 0) is 43.2 Å². The minimum Gasteiger partial charge on any atom is -0.508 e. The predicted molar refractivity (Wildman–Crippen MR) is 238 cm³/mol. The summed E-state index contributed by atoms with van der Waals surface area (Å²) in [7, 11) is 3.32. The lowest BCUT2D eigenvalue weighted by Crippen LogP contribution is -2.63. The third kappa shape index (κ3) is 9.25. The van der Waals surface area contributed by atoms with E-state index in [-0.39, 0.29) is 43.6 Å². The molecule has 0 aliphatic carbocycles. The molecule has 62 heavy (non-hydrogen) atoms. The van der Waals surface area contributed by atoms with Crippen molar-refractivity contribution in [3.05, 3.63) is 71.5 Å². The van der Waals surface area contributed by atoms with E-state index in [2.05, 4.69) is 59.6 Å². The minimum atomic E-state index is -1.70. The van der Waals surface area contributed by atoms with E-state index in [4.69, 9.17) is 14.5 Å². The van der Waals surface area contributed by atoms with Gasteiger partial charge in [-0.15, -0.1) is 0 Å². The third-order valence-electron chi connectivity index (χ3n) is 13.0. The van der Waals surface area contributed by atoms with E-state index >= 15 is 4.39 Å². The molecule has 3 aliphatic rings. The summed E-state index contributed by atoms with van der Waals surface area (Å²) in [5.41, 5.74) is 9.69. The van der Waals surface area contributed by atoms with E-state index in [9.17, 15) is 19.5 Å². The Hall–Kier alpha value is -4.89. The Morgan fingerprint density at radius 3 is 2.58 bits per heavy atom. The number of aromatic hydroxyl groups is 1. The number of halogens is 1.